The summed E-state index contributed by atoms with van der Waals surface area (Å²) in [4.78, 5) is 2.48. The van der Waals surface area contributed by atoms with E-state index in [1.165, 1.54) is 75.7 Å². The third-order valence-corrected chi connectivity index (χ3v) is 10.8. The van der Waals surface area contributed by atoms with Crippen LogP contribution >= 0.6 is 11.3 Å². The van der Waals surface area contributed by atoms with E-state index in [0.717, 1.165) is 5.69 Å². The Kier molecular flexibility index (Phi) is 5.78. The minimum absolute atomic E-state index is 0.135. The maximum atomic E-state index is 2.48. The summed E-state index contributed by atoms with van der Waals surface area (Å²) >= 11 is 1.87. The first kappa shape index (κ1) is 26.2. The van der Waals surface area contributed by atoms with Crippen LogP contribution in [0.2, 0.25) is 0 Å². The Morgan fingerprint density at radius 3 is 2.02 bits per heavy atom. The minimum atomic E-state index is -0.135. The molecule has 1 aliphatic rings. The molecule has 214 valence electrons. The van der Waals surface area contributed by atoms with Gasteiger partial charge in [0.15, 0.2) is 0 Å². The Hall–Kier alpha value is -5.18. The summed E-state index contributed by atoms with van der Waals surface area (Å²) in [5.41, 5.74) is 11.3. The summed E-state index contributed by atoms with van der Waals surface area (Å²) < 4.78 is 2.67. The third kappa shape index (κ3) is 3.99. The second-order valence-corrected chi connectivity index (χ2v) is 13.6. The molecule has 1 nitrogen and oxygen atoms in total. The second-order valence-electron chi connectivity index (χ2n) is 12.6. The fourth-order valence-corrected chi connectivity index (χ4v) is 8.61. The number of anilines is 3. The molecule has 0 unspecified atom stereocenters. The predicted octanol–water partition coefficient (Wildman–Crippen LogP) is 12.7. The largest absolute Gasteiger partial charge is 0.310 e. The van der Waals surface area contributed by atoms with Gasteiger partial charge in [-0.05, 0) is 81.2 Å². The van der Waals surface area contributed by atoms with Gasteiger partial charge in [0.25, 0.3) is 0 Å². The molecule has 45 heavy (non-hydrogen) atoms. The van der Waals surface area contributed by atoms with Crippen molar-refractivity contribution in [2.24, 2.45) is 0 Å². The van der Waals surface area contributed by atoms with Crippen LogP contribution in [0.5, 0.6) is 0 Å². The molecule has 0 saturated heterocycles. The van der Waals surface area contributed by atoms with Crippen LogP contribution in [-0.2, 0) is 5.41 Å². The number of rotatable bonds is 4. The van der Waals surface area contributed by atoms with Gasteiger partial charge in [0.2, 0.25) is 0 Å². The number of nitrogens with zero attached hydrogens (tertiary/aromatic N) is 1. The van der Waals surface area contributed by atoms with E-state index >= 15 is 0 Å². The van der Waals surface area contributed by atoms with Crippen molar-refractivity contribution in [2.75, 3.05) is 4.90 Å². The van der Waals surface area contributed by atoms with Crippen LogP contribution in [0.1, 0.15) is 25.0 Å². The highest BCUT2D eigenvalue weighted by Crippen LogP contribution is 2.54. The van der Waals surface area contributed by atoms with Gasteiger partial charge in [-0.3, -0.25) is 0 Å². The van der Waals surface area contributed by atoms with Crippen molar-refractivity contribution < 1.29 is 0 Å². The van der Waals surface area contributed by atoms with Gasteiger partial charge in [-0.2, -0.15) is 0 Å². The van der Waals surface area contributed by atoms with Crippen molar-refractivity contribution in [3.8, 4) is 22.3 Å². The predicted molar refractivity (Wildman–Crippen MR) is 195 cm³/mol. The van der Waals surface area contributed by atoms with E-state index in [4.69, 9.17) is 0 Å². The van der Waals surface area contributed by atoms with Crippen molar-refractivity contribution in [3.63, 3.8) is 0 Å². The highest BCUT2D eigenvalue weighted by Gasteiger charge is 2.38. The first-order valence-corrected chi connectivity index (χ1v) is 16.4. The standard InChI is InChI=1S/C43H31NS/c1-43(2)37-17-7-5-14-33(37)35-16-10-19-39(42(35)43)44(38-18-9-12-29-11-3-4-13-32(29)38)31-24-21-28(22-25-31)30-23-26-41-36(27-30)34-15-6-8-20-40(34)45-41/h3-27H,1-2H3. The third-order valence-electron chi connectivity index (χ3n) is 9.64. The van der Waals surface area contributed by atoms with Gasteiger partial charge in [-0.1, -0.05) is 123 Å². The highest BCUT2D eigenvalue weighted by atomic mass is 32.1. The number of thiophene rings is 1. The van der Waals surface area contributed by atoms with Crippen molar-refractivity contribution >= 4 is 59.3 Å². The topological polar surface area (TPSA) is 3.24 Å². The minimum Gasteiger partial charge on any atom is -0.310 e. The number of hydrogen-bond acceptors (Lipinski definition) is 2. The zero-order chi connectivity index (χ0) is 30.1. The van der Waals surface area contributed by atoms with E-state index in [1.807, 2.05) is 11.3 Å². The zero-order valence-electron chi connectivity index (χ0n) is 25.3. The van der Waals surface area contributed by atoms with Crippen molar-refractivity contribution in [2.45, 2.75) is 19.3 Å². The van der Waals surface area contributed by atoms with Crippen molar-refractivity contribution in [1.29, 1.82) is 0 Å². The van der Waals surface area contributed by atoms with Crippen LogP contribution in [0.15, 0.2) is 152 Å². The first-order valence-electron chi connectivity index (χ1n) is 15.6. The molecular weight excluding hydrogens is 563 g/mol. The molecule has 0 atom stereocenters. The molecule has 0 spiro atoms. The number of fused-ring (bicyclic) bond motifs is 7. The lowest BCUT2D eigenvalue weighted by Gasteiger charge is -2.33. The Morgan fingerprint density at radius 1 is 0.489 bits per heavy atom. The molecule has 0 fully saturated rings. The van der Waals surface area contributed by atoms with Gasteiger partial charge >= 0.3 is 0 Å². The normalized spacial score (nSPS) is 13.3. The van der Waals surface area contributed by atoms with Gasteiger partial charge in [-0.25, -0.2) is 0 Å². The maximum Gasteiger partial charge on any atom is 0.0540 e. The van der Waals surface area contributed by atoms with Crippen molar-refractivity contribution in [1.82, 2.24) is 0 Å². The fourth-order valence-electron chi connectivity index (χ4n) is 7.53. The summed E-state index contributed by atoms with van der Waals surface area (Å²) in [6.45, 7) is 4.74. The highest BCUT2D eigenvalue weighted by molar-refractivity contribution is 7.25. The Labute approximate surface area is 267 Å². The second kappa shape index (κ2) is 9.92. The average Bonchev–Trinajstić information content (AvgIpc) is 3.57. The van der Waals surface area contributed by atoms with Crippen LogP contribution in [0, 0.1) is 0 Å². The van der Waals surface area contributed by atoms with E-state index < -0.39 is 0 Å². The molecule has 1 aliphatic carbocycles. The summed E-state index contributed by atoms with van der Waals surface area (Å²) in [7, 11) is 0. The quantitative estimate of drug-likeness (QED) is 0.196. The number of hydrogen-bond donors (Lipinski definition) is 0. The summed E-state index contributed by atoms with van der Waals surface area (Å²) in [6, 6.07) is 55.9. The Balaban J connectivity index is 1.23. The summed E-state index contributed by atoms with van der Waals surface area (Å²) in [6.07, 6.45) is 0. The van der Waals surface area contributed by atoms with E-state index in [-0.39, 0.29) is 5.41 Å². The van der Waals surface area contributed by atoms with E-state index in [1.54, 1.807) is 0 Å². The average molecular weight is 594 g/mol. The number of benzene rings is 7. The molecule has 7 aromatic carbocycles. The van der Waals surface area contributed by atoms with E-state index in [0.29, 0.717) is 0 Å². The van der Waals surface area contributed by atoms with Crippen LogP contribution in [0.25, 0.3) is 53.2 Å². The van der Waals surface area contributed by atoms with E-state index in [9.17, 15) is 0 Å². The molecular formula is C43H31NS. The van der Waals surface area contributed by atoms with Gasteiger partial charge in [0.05, 0.1) is 11.4 Å². The smallest absolute Gasteiger partial charge is 0.0540 e. The Morgan fingerprint density at radius 2 is 1.13 bits per heavy atom. The van der Waals surface area contributed by atoms with Gasteiger partial charge in [-0.15, -0.1) is 11.3 Å². The molecule has 2 heteroatoms. The van der Waals surface area contributed by atoms with Crippen LogP contribution in [0.3, 0.4) is 0 Å². The molecule has 9 rings (SSSR count). The van der Waals surface area contributed by atoms with Gasteiger partial charge < -0.3 is 4.90 Å². The van der Waals surface area contributed by atoms with Crippen LogP contribution < -0.4 is 4.90 Å². The SMILES string of the molecule is CC1(C)c2ccccc2-c2cccc(N(c3ccc(-c4ccc5sc6ccccc6c5c4)cc3)c3cccc4ccccc34)c21. The lowest BCUT2D eigenvalue weighted by molar-refractivity contribution is 0.661. The molecule has 1 aromatic heterocycles. The molecule has 0 amide bonds. The van der Waals surface area contributed by atoms with E-state index in [2.05, 4.69) is 170 Å². The lowest BCUT2D eigenvalue weighted by atomic mass is 9.81. The monoisotopic (exact) mass is 593 g/mol. The summed E-state index contributed by atoms with van der Waals surface area (Å²) in [5, 5.41) is 5.14. The molecule has 0 radical (unpaired) electrons. The first-order chi connectivity index (χ1) is 22.1. The fraction of sp³-hybridized carbons (Fsp3) is 0.0698. The molecule has 0 N–H and O–H groups in total. The van der Waals surface area contributed by atoms with Crippen LogP contribution in [0.4, 0.5) is 17.1 Å². The zero-order valence-corrected chi connectivity index (χ0v) is 26.1. The summed E-state index contributed by atoms with van der Waals surface area (Å²) in [5.74, 6) is 0. The molecule has 8 aromatic rings. The van der Waals surface area contributed by atoms with Gasteiger partial charge in [0, 0.05) is 36.7 Å². The molecule has 0 saturated carbocycles. The Bertz CT molecular complexity index is 2410. The van der Waals surface area contributed by atoms with Crippen LogP contribution in [-0.4, -0.2) is 0 Å². The lowest BCUT2D eigenvalue weighted by Crippen LogP contribution is -2.20. The molecule has 0 aliphatic heterocycles. The van der Waals surface area contributed by atoms with Gasteiger partial charge in [0.1, 0.15) is 0 Å². The van der Waals surface area contributed by atoms with Crippen molar-refractivity contribution in [3.05, 3.63) is 163 Å². The maximum absolute atomic E-state index is 2.48. The molecule has 0 bridgehead atoms. The molecule has 1 heterocycles.